The van der Waals surface area contributed by atoms with Crippen LogP contribution in [0.25, 0.3) is 0 Å². The third-order valence-corrected chi connectivity index (χ3v) is 6.18. The molecule has 19 heavy (non-hydrogen) atoms. The van der Waals surface area contributed by atoms with Crippen molar-refractivity contribution >= 4 is 43.3 Å². The van der Waals surface area contributed by atoms with Gasteiger partial charge in [-0.3, -0.25) is 0 Å². The van der Waals surface area contributed by atoms with Crippen LogP contribution in [0.5, 0.6) is 0 Å². The Morgan fingerprint density at radius 3 is 2.74 bits per heavy atom. The molecule has 1 rings (SSSR count). The van der Waals surface area contributed by atoms with E-state index >= 15 is 0 Å². The van der Waals surface area contributed by atoms with Gasteiger partial charge in [-0.25, -0.2) is 17.9 Å². The lowest BCUT2D eigenvalue weighted by atomic mass is 10.2. The van der Waals surface area contributed by atoms with E-state index in [4.69, 9.17) is 5.73 Å². The van der Waals surface area contributed by atoms with E-state index in [1.54, 1.807) is 0 Å². The average molecular weight is 371 g/mol. The first-order valence-corrected chi connectivity index (χ1v) is 8.55. The van der Waals surface area contributed by atoms with Gasteiger partial charge in [0.1, 0.15) is 9.77 Å². The summed E-state index contributed by atoms with van der Waals surface area (Å²) in [5.41, 5.74) is 5.47. The Morgan fingerprint density at radius 1 is 1.63 bits per heavy atom. The summed E-state index contributed by atoms with van der Waals surface area (Å²) in [6.45, 7) is 2.05. The number of nitrogens with two attached hydrogens (primary N) is 1. The number of methoxy groups -OCH3 is 1. The number of esters is 1. The Balaban J connectivity index is 3.08. The fourth-order valence-corrected chi connectivity index (χ4v) is 5.13. The summed E-state index contributed by atoms with van der Waals surface area (Å²) >= 11 is 4.15. The maximum atomic E-state index is 12.2. The van der Waals surface area contributed by atoms with E-state index in [1.807, 2.05) is 6.92 Å². The van der Waals surface area contributed by atoms with Gasteiger partial charge in [0.2, 0.25) is 10.0 Å². The summed E-state index contributed by atoms with van der Waals surface area (Å²) in [5, 5.41) is 0. The predicted octanol–water partition coefficient (Wildman–Crippen LogP) is 1.31. The van der Waals surface area contributed by atoms with Crippen LogP contribution in [0.3, 0.4) is 0 Å². The molecule has 9 heteroatoms. The van der Waals surface area contributed by atoms with Gasteiger partial charge in [-0.15, -0.1) is 11.3 Å². The molecule has 0 spiro atoms. The van der Waals surface area contributed by atoms with Gasteiger partial charge in [0, 0.05) is 12.6 Å². The molecule has 1 unspecified atom stereocenters. The van der Waals surface area contributed by atoms with E-state index in [0.29, 0.717) is 10.2 Å². The van der Waals surface area contributed by atoms with Crippen LogP contribution in [0, 0.1) is 0 Å². The highest BCUT2D eigenvalue weighted by Gasteiger charge is 2.25. The number of thiophene rings is 1. The summed E-state index contributed by atoms with van der Waals surface area (Å²) in [4.78, 5) is 11.6. The number of hydrogen-bond donors (Lipinski definition) is 2. The zero-order valence-electron chi connectivity index (χ0n) is 10.5. The van der Waals surface area contributed by atoms with Crippen molar-refractivity contribution in [3.8, 4) is 0 Å². The number of hydrogen-bond acceptors (Lipinski definition) is 6. The van der Waals surface area contributed by atoms with Gasteiger partial charge < -0.3 is 10.5 Å². The largest absolute Gasteiger partial charge is 0.465 e. The monoisotopic (exact) mass is 370 g/mol. The van der Waals surface area contributed by atoms with Crippen molar-refractivity contribution in [3.63, 3.8) is 0 Å². The Labute approximate surface area is 124 Å². The van der Waals surface area contributed by atoms with Crippen molar-refractivity contribution < 1.29 is 17.9 Å². The highest BCUT2D eigenvalue weighted by atomic mass is 79.9. The molecule has 1 aromatic rings. The first-order chi connectivity index (χ1) is 8.85. The van der Waals surface area contributed by atoms with Gasteiger partial charge in [0.05, 0.1) is 10.9 Å². The number of sulfonamides is 1. The van der Waals surface area contributed by atoms with Gasteiger partial charge in [0.25, 0.3) is 0 Å². The van der Waals surface area contributed by atoms with Crippen molar-refractivity contribution in [1.82, 2.24) is 4.72 Å². The summed E-state index contributed by atoms with van der Waals surface area (Å²) in [6.07, 6.45) is 0.585. The average Bonchev–Trinajstić information content (AvgIpc) is 2.78. The van der Waals surface area contributed by atoms with Crippen LogP contribution < -0.4 is 10.5 Å². The van der Waals surface area contributed by atoms with E-state index in [0.717, 1.165) is 11.3 Å². The van der Waals surface area contributed by atoms with Gasteiger partial charge >= 0.3 is 5.97 Å². The van der Waals surface area contributed by atoms with E-state index in [9.17, 15) is 13.2 Å². The Kier molecular flexibility index (Phi) is 5.93. The van der Waals surface area contributed by atoms with Crippen LogP contribution in [-0.2, 0) is 14.8 Å². The zero-order chi connectivity index (χ0) is 14.6. The fourth-order valence-electron chi connectivity index (χ4n) is 1.32. The summed E-state index contributed by atoms with van der Waals surface area (Å²) in [6, 6.07) is 0.949. The number of ether oxygens (including phenoxy) is 1. The van der Waals surface area contributed by atoms with Crippen LogP contribution in [0.15, 0.2) is 14.7 Å². The minimum Gasteiger partial charge on any atom is -0.465 e. The minimum atomic E-state index is -3.71. The lowest BCUT2D eigenvalue weighted by Gasteiger charge is -2.14. The number of nitrogens with one attached hydrogen (secondary N) is 1. The maximum absolute atomic E-state index is 12.2. The second-order valence-electron chi connectivity index (χ2n) is 3.70. The molecule has 0 radical (unpaired) electrons. The number of halogens is 1. The molecule has 0 aromatic carbocycles. The van der Waals surface area contributed by atoms with Crippen molar-refractivity contribution in [3.05, 3.63) is 14.7 Å². The maximum Gasteiger partial charge on any atom is 0.348 e. The Hall–Kier alpha value is -0.480. The standard InChI is InChI=1S/C10H15BrN2O4S2/c1-3-6(5-12)13-19(15,16)8-4-7(10(14)17-2)18-9(8)11/h4,6,13H,3,5,12H2,1-2H3. The SMILES string of the molecule is CCC(CN)NS(=O)(=O)c1cc(C(=O)OC)sc1Br. The molecule has 0 amide bonds. The molecule has 108 valence electrons. The second-order valence-corrected chi connectivity index (χ2v) is 7.75. The van der Waals surface area contributed by atoms with E-state index < -0.39 is 16.0 Å². The molecule has 6 nitrogen and oxygen atoms in total. The van der Waals surface area contributed by atoms with Crippen LogP contribution >= 0.6 is 27.3 Å². The molecule has 0 fully saturated rings. The Morgan fingerprint density at radius 2 is 2.26 bits per heavy atom. The molecule has 0 bridgehead atoms. The van der Waals surface area contributed by atoms with Crippen LogP contribution in [0.2, 0.25) is 0 Å². The summed E-state index contributed by atoms with van der Waals surface area (Å²) in [7, 11) is -2.47. The van der Waals surface area contributed by atoms with E-state index in [1.165, 1.54) is 13.2 Å². The molecule has 1 aromatic heterocycles. The number of carbonyl (C=O) groups is 1. The van der Waals surface area contributed by atoms with Crippen molar-refractivity contribution in [2.75, 3.05) is 13.7 Å². The summed E-state index contributed by atoms with van der Waals surface area (Å²) < 4.78 is 31.7. The van der Waals surface area contributed by atoms with E-state index in [2.05, 4.69) is 25.4 Å². The molecule has 1 heterocycles. The van der Waals surface area contributed by atoms with Crippen LogP contribution in [0.1, 0.15) is 23.0 Å². The quantitative estimate of drug-likeness (QED) is 0.735. The highest BCUT2D eigenvalue weighted by molar-refractivity contribution is 9.11. The summed E-state index contributed by atoms with van der Waals surface area (Å²) in [5.74, 6) is -0.571. The smallest absolute Gasteiger partial charge is 0.348 e. The topological polar surface area (TPSA) is 98.5 Å². The molecular formula is C10H15BrN2O4S2. The van der Waals surface area contributed by atoms with Crippen LogP contribution in [-0.4, -0.2) is 34.1 Å². The third kappa shape index (κ3) is 3.99. The van der Waals surface area contributed by atoms with Crippen molar-refractivity contribution in [2.45, 2.75) is 24.3 Å². The van der Waals surface area contributed by atoms with Gasteiger partial charge in [-0.1, -0.05) is 6.92 Å². The molecule has 0 saturated heterocycles. The molecular weight excluding hydrogens is 356 g/mol. The molecule has 0 aliphatic heterocycles. The van der Waals surface area contributed by atoms with Crippen molar-refractivity contribution in [1.29, 1.82) is 0 Å². The minimum absolute atomic E-state index is 0.0183. The van der Waals surface area contributed by atoms with Crippen molar-refractivity contribution in [2.24, 2.45) is 5.73 Å². The lowest BCUT2D eigenvalue weighted by molar-refractivity contribution is 0.0606. The first-order valence-electron chi connectivity index (χ1n) is 5.45. The highest BCUT2D eigenvalue weighted by Crippen LogP contribution is 2.32. The molecule has 1 atom stereocenters. The fraction of sp³-hybridized carbons (Fsp3) is 0.500. The van der Waals surface area contributed by atoms with Gasteiger partial charge in [0.15, 0.2) is 0 Å². The normalized spacial score (nSPS) is 13.3. The molecule has 0 aliphatic carbocycles. The second kappa shape index (κ2) is 6.80. The zero-order valence-corrected chi connectivity index (χ0v) is 13.7. The van der Waals surface area contributed by atoms with Gasteiger partial charge in [-0.2, -0.15) is 0 Å². The molecule has 0 aliphatic rings. The Bertz CT molecular complexity index is 552. The lowest BCUT2D eigenvalue weighted by Crippen LogP contribution is -2.39. The van der Waals surface area contributed by atoms with Gasteiger partial charge in [-0.05, 0) is 28.4 Å². The third-order valence-electron chi connectivity index (χ3n) is 2.43. The molecule has 0 saturated carbocycles. The first kappa shape index (κ1) is 16.6. The van der Waals surface area contributed by atoms with E-state index in [-0.39, 0.29) is 22.4 Å². The van der Waals surface area contributed by atoms with Crippen LogP contribution in [0.4, 0.5) is 0 Å². The predicted molar refractivity (Wildman–Crippen MR) is 76.8 cm³/mol. The number of carbonyl (C=O) groups excluding carboxylic acids is 1. The number of rotatable bonds is 6. The molecule has 3 N–H and O–H groups in total.